The Morgan fingerprint density at radius 2 is 1.96 bits per heavy atom. The number of carbonyl (C=O) groups is 1. The molecule has 4 rings (SSSR count). The maximum atomic E-state index is 12.5. The first-order chi connectivity index (χ1) is 12.0. The third-order valence-electron chi connectivity index (χ3n) is 5.41. The fraction of sp³-hybridized carbons (Fsp3) is 0.474. The Hall–Kier alpha value is -2.18. The van der Waals surface area contributed by atoms with Crippen LogP contribution in [0.25, 0.3) is 0 Å². The predicted octanol–water partition coefficient (Wildman–Crippen LogP) is 1.65. The Labute approximate surface area is 148 Å². The normalized spacial score (nSPS) is 24.0. The van der Waals surface area contributed by atoms with E-state index in [0.717, 1.165) is 31.0 Å². The molecule has 3 heterocycles. The number of carbonyl (C=O) groups excluding carboxylic acids is 1. The number of fused-ring (bicyclic) bond motifs is 1. The molecule has 2 fully saturated rings. The lowest BCUT2D eigenvalue weighted by Gasteiger charge is -2.36. The molecule has 132 valence electrons. The first kappa shape index (κ1) is 16.3. The SMILES string of the molecule is Cc1nn(C)c(C)c1CN1C[C@@H]2OCC(=O)N(c3ccccc3)[C@H]2C1. The van der Waals surface area contributed by atoms with Gasteiger partial charge in [-0.05, 0) is 26.0 Å². The number of anilines is 1. The van der Waals surface area contributed by atoms with Gasteiger partial charge < -0.3 is 9.64 Å². The van der Waals surface area contributed by atoms with Gasteiger partial charge in [0.15, 0.2) is 0 Å². The molecule has 25 heavy (non-hydrogen) atoms. The van der Waals surface area contributed by atoms with Gasteiger partial charge >= 0.3 is 0 Å². The zero-order chi connectivity index (χ0) is 17.6. The Balaban J connectivity index is 1.56. The summed E-state index contributed by atoms with van der Waals surface area (Å²) in [7, 11) is 1.98. The van der Waals surface area contributed by atoms with Crippen molar-refractivity contribution >= 4 is 11.6 Å². The molecule has 2 saturated heterocycles. The maximum absolute atomic E-state index is 12.5. The molecule has 2 atom stereocenters. The number of para-hydroxylation sites is 1. The number of nitrogens with zero attached hydrogens (tertiary/aromatic N) is 4. The summed E-state index contributed by atoms with van der Waals surface area (Å²) in [4.78, 5) is 16.8. The molecule has 0 unspecified atom stereocenters. The van der Waals surface area contributed by atoms with E-state index >= 15 is 0 Å². The summed E-state index contributed by atoms with van der Waals surface area (Å²) in [5.74, 6) is 0.0445. The van der Waals surface area contributed by atoms with Crippen LogP contribution in [0.5, 0.6) is 0 Å². The van der Waals surface area contributed by atoms with Crippen LogP contribution >= 0.6 is 0 Å². The van der Waals surface area contributed by atoms with Gasteiger partial charge in [0.25, 0.3) is 5.91 Å². The van der Waals surface area contributed by atoms with Crippen LogP contribution in [0, 0.1) is 13.8 Å². The summed E-state index contributed by atoms with van der Waals surface area (Å²) in [5, 5.41) is 4.51. The monoisotopic (exact) mass is 340 g/mol. The van der Waals surface area contributed by atoms with Crippen molar-refractivity contribution in [3.05, 3.63) is 47.3 Å². The van der Waals surface area contributed by atoms with Crippen LogP contribution in [0.3, 0.4) is 0 Å². The number of ether oxygens (including phenoxy) is 1. The minimum atomic E-state index is 0.0445. The van der Waals surface area contributed by atoms with Crippen LogP contribution in [0.1, 0.15) is 17.0 Å². The first-order valence-electron chi connectivity index (χ1n) is 8.74. The summed E-state index contributed by atoms with van der Waals surface area (Å²) >= 11 is 0. The lowest BCUT2D eigenvalue weighted by atomic mass is 10.1. The molecule has 0 radical (unpaired) electrons. The molecule has 1 aromatic carbocycles. The molecular formula is C19H24N4O2. The van der Waals surface area contributed by atoms with Crippen LogP contribution in [0.15, 0.2) is 30.3 Å². The lowest BCUT2D eigenvalue weighted by Crippen LogP contribution is -2.54. The predicted molar refractivity (Wildman–Crippen MR) is 95.4 cm³/mol. The Kier molecular flexibility index (Phi) is 4.09. The molecule has 1 amide bonds. The highest BCUT2D eigenvalue weighted by Crippen LogP contribution is 2.30. The molecule has 0 N–H and O–H groups in total. The number of hydrogen-bond acceptors (Lipinski definition) is 4. The molecule has 6 nitrogen and oxygen atoms in total. The summed E-state index contributed by atoms with van der Waals surface area (Å²) in [5.41, 5.74) is 4.51. The molecule has 2 aromatic rings. The number of aryl methyl sites for hydroxylation is 2. The Morgan fingerprint density at radius 3 is 2.64 bits per heavy atom. The van der Waals surface area contributed by atoms with E-state index in [1.54, 1.807) is 0 Å². The second kappa shape index (κ2) is 6.28. The zero-order valence-electron chi connectivity index (χ0n) is 15.0. The van der Waals surface area contributed by atoms with Crippen LogP contribution in [0.2, 0.25) is 0 Å². The van der Waals surface area contributed by atoms with Crippen molar-refractivity contribution in [2.45, 2.75) is 32.5 Å². The van der Waals surface area contributed by atoms with Crippen LogP contribution in [-0.2, 0) is 23.1 Å². The summed E-state index contributed by atoms with van der Waals surface area (Å²) < 4.78 is 7.78. The number of likely N-dealkylation sites (tertiary alicyclic amines) is 1. The van der Waals surface area contributed by atoms with Gasteiger partial charge in [0.1, 0.15) is 6.61 Å². The maximum Gasteiger partial charge on any atom is 0.253 e. The average molecular weight is 340 g/mol. The van der Waals surface area contributed by atoms with Gasteiger partial charge in [0.05, 0.1) is 17.8 Å². The number of aromatic nitrogens is 2. The van der Waals surface area contributed by atoms with Crippen molar-refractivity contribution in [1.82, 2.24) is 14.7 Å². The minimum Gasteiger partial charge on any atom is -0.365 e. The van der Waals surface area contributed by atoms with E-state index in [1.807, 2.05) is 47.0 Å². The van der Waals surface area contributed by atoms with Crippen molar-refractivity contribution < 1.29 is 9.53 Å². The summed E-state index contributed by atoms with van der Waals surface area (Å²) in [6, 6.07) is 9.99. The number of rotatable bonds is 3. The minimum absolute atomic E-state index is 0.0445. The number of morpholine rings is 1. The van der Waals surface area contributed by atoms with E-state index < -0.39 is 0 Å². The summed E-state index contributed by atoms with van der Waals surface area (Å²) in [6.07, 6.45) is 0.0650. The first-order valence-corrected chi connectivity index (χ1v) is 8.74. The smallest absolute Gasteiger partial charge is 0.253 e. The van der Waals surface area contributed by atoms with Crippen LogP contribution in [-0.4, -0.2) is 52.4 Å². The molecule has 1 aromatic heterocycles. The van der Waals surface area contributed by atoms with Gasteiger partial charge in [-0.1, -0.05) is 18.2 Å². The van der Waals surface area contributed by atoms with E-state index in [2.05, 4.69) is 23.8 Å². The second-order valence-electron chi connectivity index (χ2n) is 6.98. The third kappa shape index (κ3) is 2.85. The standard InChI is InChI=1S/C19H24N4O2/c1-13-16(14(2)21(3)20-13)9-22-10-17-18(11-22)25-12-19(24)23(17)15-7-5-4-6-8-15/h4-8,17-18H,9-12H2,1-3H3/t17-,18-/m0/s1. The largest absolute Gasteiger partial charge is 0.365 e. The lowest BCUT2D eigenvalue weighted by molar-refractivity contribution is -0.130. The van der Waals surface area contributed by atoms with Crippen molar-refractivity contribution in [2.75, 3.05) is 24.6 Å². The van der Waals surface area contributed by atoms with Gasteiger partial charge in [-0.2, -0.15) is 5.10 Å². The number of benzene rings is 1. The molecule has 0 saturated carbocycles. The molecule has 0 aliphatic carbocycles. The van der Waals surface area contributed by atoms with E-state index in [1.165, 1.54) is 11.3 Å². The van der Waals surface area contributed by atoms with Gasteiger partial charge in [0.2, 0.25) is 0 Å². The van der Waals surface area contributed by atoms with E-state index in [4.69, 9.17) is 4.74 Å². The Bertz CT molecular complexity index is 786. The van der Waals surface area contributed by atoms with Gasteiger partial charge in [-0.15, -0.1) is 0 Å². The van der Waals surface area contributed by atoms with Crippen molar-refractivity contribution in [2.24, 2.45) is 7.05 Å². The van der Waals surface area contributed by atoms with Crippen molar-refractivity contribution in [1.29, 1.82) is 0 Å². The van der Waals surface area contributed by atoms with Crippen LogP contribution < -0.4 is 4.90 Å². The van der Waals surface area contributed by atoms with Crippen molar-refractivity contribution in [3.8, 4) is 0 Å². The van der Waals surface area contributed by atoms with E-state index in [9.17, 15) is 4.79 Å². The third-order valence-corrected chi connectivity index (χ3v) is 5.41. The molecule has 2 aliphatic rings. The second-order valence-corrected chi connectivity index (χ2v) is 6.98. The fourth-order valence-electron chi connectivity index (χ4n) is 4.00. The fourth-order valence-corrected chi connectivity index (χ4v) is 4.00. The van der Waals surface area contributed by atoms with Gasteiger partial charge in [0, 0.05) is 43.6 Å². The highest BCUT2D eigenvalue weighted by Gasteiger charge is 2.43. The van der Waals surface area contributed by atoms with E-state index in [-0.39, 0.29) is 24.7 Å². The van der Waals surface area contributed by atoms with Crippen LogP contribution in [0.4, 0.5) is 5.69 Å². The Morgan fingerprint density at radius 1 is 1.20 bits per heavy atom. The molecule has 0 bridgehead atoms. The summed E-state index contributed by atoms with van der Waals surface area (Å²) in [6.45, 7) is 6.83. The van der Waals surface area contributed by atoms with E-state index in [0.29, 0.717) is 0 Å². The topological polar surface area (TPSA) is 50.6 Å². The average Bonchev–Trinajstić information content (AvgIpc) is 3.11. The zero-order valence-corrected chi connectivity index (χ0v) is 15.0. The highest BCUT2D eigenvalue weighted by molar-refractivity contribution is 5.95. The molecular weight excluding hydrogens is 316 g/mol. The quantitative estimate of drug-likeness (QED) is 0.853. The highest BCUT2D eigenvalue weighted by atomic mass is 16.5. The van der Waals surface area contributed by atoms with Gasteiger partial charge in [-0.25, -0.2) is 0 Å². The van der Waals surface area contributed by atoms with Crippen molar-refractivity contribution in [3.63, 3.8) is 0 Å². The molecule has 2 aliphatic heterocycles. The number of hydrogen-bond donors (Lipinski definition) is 0. The number of amides is 1. The molecule has 0 spiro atoms. The van der Waals surface area contributed by atoms with Gasteiger partial charge in [-0.3, -0.25) is 14.4 Å². The molecule has 6 heteroatoms.